The van der Waals surface area contributed by atoms with Crippen molar-refractivity contribution in [2.24, 2.45) is 0 Å². The number of hydrogen-bond acceptors (Lipinski definition) is 1. The van der Waals surface area contributed by atoms with E-state index in [0.29, 0.717) is 5.92 Å². The Morgan fingerprint density at radius 1 is 1.10 bits per heavy atom. The van der Waals surface area contributed by atoms with E-state index in [4.69, 9.17) is 12.2 Å². The molecule has 3 aromatic rings. The minimum Gasteiger partial charge on any atom is -0.330 e. The Morgan fingerprint density at radius 3 is 2.65 bits per heavy atom. The quantitative estimate of drug-likeness (QED) is 0.647. The predicted octanol–water partition coefficient (Wildman–Crippen LogP) is 5.12. The monoisotopic (exact) mass is 282 g/mol. The summed E-state index contributed by atoms with van der Waals surface area (Å²) < 4.78 is 2.85. The van der Waals surface area contributed by atoms with E-state index in [-0.39, 0.29) is 0 Å². The topological polar surface area (TPSA) is 20.7 Å². The van der Waals surface area contributed by atoms with Crippen molar-refractivity contribution in [3.05, 3.63) is 58.4 Å². The first-order chi connectivity index (χ1) is 9.56. The van der Waals surface area contributed by atoms with Gasteiger partial charge in [-0.25, -0.2) is 0 Å². The van der Waals surface area contributed by atoms with E-state index in [0.717, 1.165) is 21.5 Å². The molecule has 20 heavy (non-hydrogen) atoms. The highest BCUT2D eigenvalue weighted by Gasteiger charge is 2.08. The molecular weight excluding hydrogens is 264 g/mol. The number of imidazole rings is 1. The van der Waals surface area contributed by atoms with E-state index in [1.54, 1.807) is 0 Å². The van der Waals surface area contributed by atoms with E-state index in [1.807, 2.05) is 0 Å². The van der Waals surface area contributed by atoms with E-state index in [2.05, 4.69) is 72.8 Å². The average molecular weight is 282 g/mol. The molecule has 0 spiro atoms. The first-order valence-corrected chi connectivity index (χ1v) is 7.29. The van der Waals surface area contributed by atoms with Crippen molar-refractivity contribution in [1.29, 1.82) is 0 Å². The van der Waals surface area contributed by atoms with Crippen molar-refractivity contribution in [2.75, 3.05) is 0 Å². The molecule has 1 aromatic heterocycles. The number of fused-ring (bicyclic) bond motifs is 1. The number of nitrogens with one attached hydrogen (secondary N) is 1. The molecule has 0 radical (unpaired) electrons. The number of aromatic amines is 1. The van der Waals surface area contributed by atoms with Gasteiger partial charge in [-0.3, -0.25) is 4.57 Å². The molecule has 0 aliphatic rings. The molecule has 0 amide bonds. The minimum absolute atomic E-state index is 0.511. The Bertz CT molecular complexity index is 824. The molecule has 0 saturated carbocycles. The van der Waals surface area contributed by atoms with Gasteiger partial charge in [-0.2, -0.15) is 0 Å². The van der Waals surface area contributed by atoms with Crippen LogP contribution in [0.15, 0.2) is 42.5 Å². The summed E-state index contributed by atoms with van der Waals surface area (Å²) >= 11 is 5.49. The third-order valence-corrected chi connectivity index (χ3v) is 3.92. The summed E-state index contributed by atoms with van der Waals surface area (Å²) in [4.78, 5) is 3.29. The lowest BCUT2D eigenvalue weighted by molar-refractivity contribution is 0.863. The number of aromatic nitrogens is 2. The molecule has 0 aliphatic heterocycles. The van der Waals surface area contributed by atoms with Crippen LogP contribution in [0.4, 0.5) is 0 Å². The van der Waals surface area contributed by atoms with Crippen molar-refractivity contribution in [3.63, 3.8) is 0 Å². The van der Waals surface area contributed by atoms with Gasteiger partial charge in [-0.15, -0.1) is 0 Å². The minimum atomic E-state index is 0.511. The first-order valence-electron chi connectivity index (χ1n) is 6.88. The second kappa shape index (κ2) is 4.91. The predicted molar refractivity (Wildman–Crippen MR) is 87.3 cm³/mol. The van der Waals surface area contributed by atoms with Crippen LogP contribution in [0.2, 0.25) is 0 Å². The lowest BCUT2D eigenvalue weighted by Gasteiger charge is -2.09. The molecule has 2 nitrogen and oxygen atoms in total. The Balaban J connectivity index is 2.26. The SMILES string of the molecule is Cc1ccc2c(c1)[nH]c(=S)n2-c1cccc(C(C)C)c1. The molecular formula is C17H18N2S. The zero-order valence-electron chi connectivity index (χ0n) is 12.0. The van der Waals surface area contributed by atoms with Crippen LogP contribution >= 0.6 is 12.2 Å². The molecule has 2 aromatic carbocycles. The van der Waals surface area contributed by atoms with Gasteiger partial charge in [0.2, 0.25) is 0 Å². The van der Waals surface area contributed by atoms with Gasteiger partial charge in [0.1, 0.15) is 0 Å². The smallest absolute Gasteiger partial charge is 0.182 e. The second-order valence-corrected chi connectivity index (χ2v) is 5.92. The summed E-state index contributed by atoms with van der Waals surface area (Å²) in [5.74, 6) is 0.511. The summed E-state index contributed by atoms with van der Waals surface area (Å²) in [5, 5.41) is 0. The number of H-pyrrole nitrogens is 1. The normalized spacial score (nSPS) is 11.4. The van der Waals surface area contributed by atoms with Crippen LogP contribution in [0.1, 0.15) is 30.9 Å². The molecule has 0 aliphatic carbocycles. The lowest BCUT2D eigenvalue weighted by atomic mass is 10.0. The zero-order valence-corrected chi connectivity index (χ0v) is 12.8. The average Bonchev–Trinajstić information content (AvgIpc) is 2.73. The highest BCUT2D eigenvalue weighted by Crippen LogP contribution is 2.23. The van der Waals surface area contributed by atoms with Gasteiger partial charge < -0.3 is 4.98 Å². The van der Waals surface area contributed by atoms with Gasteiger partial charge in [0.25, 0.3) is 0 Å². The van der Waals surface area contributed by atoms with Gasteiger partial charge in [0.15, 0.2) is 4.77 Å². The van der Waals surface area contributed by atoms with Crippen molar-refractivity contribution in [3.8, 4) is 5.69 Å². The van der Waals surface area contributed by atoms with Crippen LogP contribution in [0, 0.1) is 11.7 Å². The standard InChI is InChI=1S/C17H18N2S/c1-11(2)13-5-4-6-14(10-13)19-16-8-7-12(3)9-15(16)18-17(19)20/h4-11H,1-3H3,(H,18,20). The largest absolute Gasteiger partial charge is 0.330 e. The van der Waals surface area contributed by atoms with E-state index < -0.39 is 0 Å². The number of aryl methyl sites for hydroxylation is 1. The maximum absolute atomic E-state index is 5.49. The van der Waals surface area contributed by atoms with Gasteiger partial charge in [-0.1, -0.05) is 32.0 Å². The molecule has 0 fully saturated rings. The third-order valence-electron chi connectivity index (χ3n) is 3.63. The van der Waals surface area contributed by atoms with Crippen LogP contribution in [0.5, 0.6) is 0 Å². The Labute approximate surface area is 124 Å². The summed E-state index contributed by atoms with van der Waals surface area (Å²) in [6.45, 7) is 6.50. The van der Waals surface area contributed by atoms with Gasteiger partial charge in [-0.05, 0) is 60.5 Å². The number of nitrogens with zero attached hydrogens (tertiary/aromatic N) is 1. The highest BCUT2D eigenvalue weighted by atomic mass is 32.1. The van der Waals surface area contributed by atoms with Gasteiger partial charge in [0.05, 0.1) is 11.0 Å². The highest BCUT2D eigenvalue weighted by molar-refractivity contribution is 7.71. The summed E-state index contributed by atoms with van der Waals surface area (Å²) in [6.07, 6.45) is 0. The van der Waals surface area contributed by atoms with Gasteiger partial charge >= 0.3 is 0 Å². The maximum atomic E-state index is 5.49. The third kappa shape index (κ3) is 2.18. The molecule has 1 heterocycles. The summed E-state index contributed by atoms with van der Waals surface area (Å²) in [5.41, 5.74) is 5.89. The lowest BCUT2D eigenvalue weighted by Crippen LogP contribution is -1.96. The molecule has 3 heteroatoms. The van der Waals surface area contributed by atoms with E-state index in [9.17, 15) is 0 Å². The van der Waals surface area contributed by atoms with Crippen molar-refractivity contribution < 1.29 is 0 Å². The summed E-state index contributed by atoms with van der Waals surface area (Å²) in [7, 11) is 0. The van der Waals surface area contributed by atoms with Crippen LogP contribution in [-0.2, 0) is 0 Å². The van der Waals surface area contributed by atoms with Crippen molar-refractivity contribution in [2.45, 2.75) is 26.7 Å². The van der Waals surface area contributed by atoms with Crippen molar-refractivity contribution in [1.82, 2.24) is 9.55 Å². The zero-order chi connectivity index (χ0) is 14.3. The molecule has 1 N–H and O–H groups in total. The first kappa shape index (κ1) is 13.1. The van der Waals surface area contributed by atoms with Crippen LogP contribution in [0.3, 0.4) is 0 Å². The summed E-state index contributed by atoms with van der Waals surface area (Å²) in [6, 6.07) is 15.0. The fourth-order valence-electron chi connectivity index (χ4n) is 2.50. The van der Waals surface area contributed by atoms with Gasteiger partial charge in [0, 0.05) is 5.69 Å². The molecule has 0 saturated heterocycles. The maximum Gasteiger partial charge on any atom is 0.182 e. The van der Waals surface area contributed by atoms with Crippen molar-refractivity contribution >= 4 is 23.3 Å². The Morgan fingerprint density at radius 2 is 1.90 bits per heavy atom. The number of benzene rings is 2. The van der Waals surface area contributed by atoms with Crippen LogP contribution in [0.25, 0.3) is 16.7 Å². The number of hydrogen-bond donors (Lipinski definition) is 1. The van der Waals surface area contributed by atoms with Crippen LogP contribution < -0.4 is 0 Å². The second-order valence-electron chi connectivity index (χ2n) is 5.54. The molecule has 0 unspecified atom stereocenters. The fraction of sp³-hybridized carbons (Fsp3) is 0.235. The van der Waals surface area contributed by atoms with E-state index in [1.165, 1.54) is 11.1 Å². The fourth-order valence-corrected chi connectivity index (χ4v) is 2.82. The number of rotatable bonds is 2. The van der Waals surface area contributed by atoms with E-state index >= 15 is 0 Å². The Kier molecular flexibility index (Phi) is 3.22. The molecule has 0 bridgehead atoms. The molecule has 3 rings (SSSR count). The Hall–Kier alpha value is -1.87. The molecule has 102 valence electrons. The van der Waals surface area contributed by atoms with Crippen LogP contribution in [-0.4, -0.2) is 9.55 Å². The molecule has 0 atom stereocenters.